The first kappa shape index (κ1) is 18.1. The molecule has 0 fully saturated rings. The zero-order valence-corrected chi connectivity index (χ0v) is 14.2. The van der Waals surface area contributed by atoms with Crippen LogP contribution in [0.4, 0.5) is 13.2 Å². The van der Waals surface area contributed by atoms with Crippen LogP contribution in [-0.4, -0.2) is 22.0 Å². The number of benzene rings is 1. The SMILES string of the molecule is O=C(Cn1c(=O)c(C(F)(F)F)nc2ccccc21)NCCc1cccs1. The van der Waals surface area contributed by atoms with E-state index in [2.05, 4.69) is 10.3 Å². The lowest BCUT2D eigenvalue weighted by molar-refractivity contribution is -0.142. The maximum Gasteiger partial charge on any atom is 0.438 e. The highest BCUT2D eigenvalue weighted by molar-refractivity contribution is 7.09. The predicted molar refractivity (Wildman–Crippen MR) is 92.0 cm³/mol. The third-order valence-corrected chi connectivity index (χ3v) is 4.63. The number of rotatable bonds is 5. The van der Waals surface area contributed by atoms with Gasteiger partial charge >= 0.3 is 6.18 Å². The Balaban J connectivity index is 1.85. The molecular formula is C17H14F3N3O2S. The molecule has 0 unspecified atom stereocenters. The van der Waals surface area contributed by atoms with E-state index in [1.165, 1.54) is 18.2 Å². The van der Waals surface area contributed by atoms with Crippen molar-refractivity contribution in [2.24, 2.45) is 0 Å². The molecule has 26 heavy (non-hydrogen) atoms. The van der Waals surface area contributed by atoms with Crippen molar-refractivity contribution in [3.63, 3.8) is 0 Å². The minimum absolute atomic E-state index is 0.00538. The van der Waals surface area contributed by atoms with Gasteiger partial charge in [0.2, 0.25) is 11.6 Å². The monoisotopic (exact) mass is 381 g/mol. The number of aromatic nitrogens is 2. The highest BCUT2D eigenvalue weighted by Crippen LogP contribution is 2.26. The van der Waals surface area contributed by atoms with Gasteiger partial charge in [0.05, 0.1) is 11.0 Å². The standard InChI is InChI=1S/C17H14F3N3O2S/c18-17(19,20)15-16(25)23(13-6-2-1-5-12(13)22-15)10-14(24)21-8-7-11-4-3-9-26-11/h1-6,9H,7-8,10H2,(H,21,24). The van der Waals surface area contributed by atoms with Gasteiger partial charge in [-0.15, -0.1) is 11.3 Å². The number of para-hydroxylation sites is 2. The first-order chi connectivity index (χ1) is 12.4. The van der Waals surface area contributed by atoms with Gasteiger partial charge in [-0.3, -0.25) is 14.2 Å². The molecule has 9 heteroatoms. The van der Waals surface area contributed by atoms with Crippen LogP contribution in [0.1, 0.15) is 10.6 Å². The first-order valence-corrected chi connectivity index (χ1v) is 8.60. The quantitative estimate of drug-likeness (QED) is 0.739. The lowest BCUT2D eigenvalue weighted by Gasteiger charge is -2.13. The molecule has 0 aliphatic rings. The normalized spacial score (nSPS) is 11.7. The molecule has 0 saturated heterocycles. The molecule has 0 spiro atoms. The average Bonchev–Trinajstić information content (AvgIpc) is 3.09. The van der Waals surface area contributed by atoms with Crippen LogP contribution in [0.25, 0.3) is 11.0 Å². The molecule has 0 saturated carbocycles. The minimum atomic E-state index is -4.89. The van der Waals surface area contributed by atoms with Crippen molar-refractivity contribution in [1.82, 2.24) is 14.9 Å². The van der Waals surface area contributed by atoms with Gasteiger partial charge in [0.1, 0.15) is 6.54 Å². The zero-order valence-electron chi connectivity index (χ0n) is 13.4. The van der Waals surface area contributed by atoms with E-state index >= 15 is 0 Å². The molecule has 136 valence electrons. The van der Waals surface area contributed by atoms with E-state index in [0.717, 1.165) is 9.44 Å². The predicted octanol–water partition coefficient (Wildman–Crippen LogP) is 2.84. The van der Waals surface area contributed by atoms with Crippen molar-refractivity contribution in [3.05, 3.63) is 62.7 Å². The van der Waals surface area contributed by atoms with E-state index in [1.54, 1.807) is 17.4 Å². The summed E-state index contributed by atoms with van der Waals surface area (Å²) in [5.74, 6) is -0.534. The molecule has 3 rings (SSSR count). The fourth-order valence-corrected chi connectivity index (χ4v) is 3.22. The maximum absolute atomic E-state index is 13.1. The third-order valence-electron chi connectivity index (χ3n) is 3.70. The number of nitrogens with one attached hydrogen (secondary N) is 1. The summed E-state index contributed by atoms with van der Waals surface area (Å²) in [6.07, 6.45) is -4.28. The molecule has 1 aromatic carbocycles. The summed E-state index contributed by atoms with van der Waals surface area (Å²) in [6.45, 7) is -0.168. The van der Waals surface area contributed by atoms with E-state index in [9.17, 15) is 22.8 Å². The molecule has 2 aromatic heterocycles. The molecule has 0 aliphatic carbocycles. The molecule has 0 aliphatic heterocycles. The van der Waals surface area contributed by atoms with Crippen LogP contribution in [0.5, 0.6) is 0 Å². The van der Waals surface area contributed by atoms with E-state index in [-0.39, 0.29) is 11.0 Å². The molecular weight excluding hydrogens is 367 g/mol. The van der Waals surface area contributed by atoms with Crippen molar-refractivity contribution in [2.45, 2.75) is 19.1 Å². The number of carbonyl (C=O) groups is 1. The average molecular weight is 381 g/mol. The van der Waals surface area contributed by atoms with Crippen LogP contribution in [0.2, 0.25) is 0 Å². The minimum Gasteiger partial charge on any atom is -0.354 e. The second kappa shape index (κ2) is 7.28. The Bertz CT molecular complexity index is 981. The summed E-state index contributed by atoms with van der Waals surface area (Å²) in [7, 11) is 0. The number of halogens is 3. The van der Waals surface area contributed by atoms with Gasteiger partial charge in [-0.2, -0.15) is 13.2 Å². The summed E-state index contributed by atoms with van der Waals surface area (Å²) < 4.78 is 40.0. The molecule has 0 atom stereocenters. The summed E-state index contributed by atoms with van der Waals surface area (Å²) in [5, 5.41) is 4.54. The Morgan fingerprint density at radius 3 is 2.65 bits per heavy atom. The summed E-state index contributed by atoms with van der Waals surface area (Å²) in [4.78, 5) is 28.9. The highest BCUT2D eigenvalue weighted by Gasteiger charge is 2.37. The van der Waals surface area contributed by atoms with Gasteiger partial charge in [-0.1, -0.05) is 18.2 Å². The number of thiophene rings is 1. The Hall–Kier alpha value is -2.68. The number of amides is 1. The first-order valence-electron chi connectivity index (χ1n) is 7.72. The number of nitrogens with zero attached hydrogens (tertiary/aromatic N) is 2. The number of alkyl halides is 3. The van der Waals surface area contributed by atoms with Gasteiger partial charge in [-0.25, -0.2) is 4.98 Å². The van der Waals surface area contributed by atoms with Crippen LogP contribution in [-0.2, 0) is 23.9 Å². The molecule has 3 aromatic rings. The van der Waals surface area contributed by atoms with E-state index in [4.69, 9.17) is 0 Å². The lowest BCUT2D eigenvalue weighted by Crippen LogP contribution is -2.36. The van der Waals surface area contributed by atoms with Gasteiger partial charge in [-0.05, 0) is 30.0 Å². The van der Waals surface area contributed by atoms with E-state index < -0.39 is 29.9 Å². The Morgan fingerprint density at radius 1 is 1.19 bits per heavy atom. The van der Waals surface area contributed by atoms with E-state index in [0.29, 0.717) is 13.0 Å². The summed E-state index contributed by atoms with van der Waals surface area (Å²) >= 11 is 1.55. The number of hydrogen-bond donors (Lipinski definition) is 1. The van der Waals surface area contributed by atoms with Crippen molar-refractivity contribution in [3.8, 4) is 0 Å². The van der Waals surface area contributed by atoms with Crippen molar-refractivity contribution in [2.75, 3.05) is 6.54 Å². The van der Waals surface area contributed by atoms with Crippen LogP contribution >= 0.6 is 11.3 Å². The molecule has 1 amide bonds. The van der Waals surface area contributed by atoms with Crippen LogP contribution in [0.15, 0.2) is 46.6 Å². The fourth-order valence-electron chi connectivity index (χ4n) is 2.51. The third kappa shape index (κ3) is 3.93. The van der Waals surface area contributed by atoms with Crippen LogP contribution in [0.3, 0.4) is 0 Å². The lowest BCUT2D eigenvalue weighted by atomic mass is 10.2. The molecule has 1 N–H and O–H groups in total. The fraction of sp³-hybridized carbons (Fsp3) is 0.235. The van der Waals surface area contributed by atoms with Crippen LogP contribution < -0.4 is 10.9 Å². The molecule has 0 bridgehead atoms. The number of hydrogen-bond acceptors (Lipinski definition) is 4. The Kier molecular flexibility index (Phi) is 5.08. The Labute approximate surface area is 150 Å². The van der Waals surface area contributed by atoms with Crippen molar-refractivity contribution in [1.29, 1.82) is 0 Å². The van der Waals surface area contributed by atoms with Crippen LogP contribution in [0, 0.1) is 0 Å². The topological polar surface area (TPSA) is 64.0 Å². The highest BCUT2D eigenvalue weighted by atomic mass is 32.1. The van der Waals surface area contributed by atoms with E-state index in [1.807, 2.05) is 17.5 Å². The van der Waals surface area contributed by atoms with Gasteiger partial charge < -0.3 is 5.32 Å². The zero-order chi connectivity index (χ0) is 18.7. The Morgan fingerprint density at radius 2 is 1.96 bits per heavy atom. The largest absolute Gasteiger partial charge is 0.438 e. The maximum atomic E-state index is 13.1. The van der Waals surface area contributed by atoms with Crippen molar-refractivity contribution < 1.29 is 18.0 Å². The summed E-state index contributed by atoms with van der Waals surface area (Å²) in [5.41, 5.74) is -2.67. The molecule has 5 nitrogen and oxygen atoms in total. The van der Waals surface area contributed by atoms with Gasteiger partial charge in [0.15, 0.2) is 0 Å². The van der Waals surface area contributed by atoms with Gasteiger partial charge in [0.25, 0.3) is 5.56 Å². The number of carbonyl (C=O) groups excluding carboxylic acids is 1. The second-order valence-corrected chi connectivity index (χ2v) is 6.55. The summed E-state index contributed by atoms with van der Waals surface area (Å²) in [6, 6.07) is 9.74. The smallest absolute Gasteiger partial charge is 0.354 e. The van der Waals surface area contributed by atoms with Crippen molar-refractivity contribution >= 4 is 28.3 Å². The molecule has 0 radical (unpaired) electrons. The second-order valence-electron chi connectivity index (χ2n) is 5.52. The van der Waals surface area contributed by atoms with Gasteiger partial charge in [0, 0.05) is 11.4 Å². The number of fused-ring (bicyclic) bond motifs is 1. The molecule has 2 heterocycles.